The van der Waals surface area contributed by atoms with E-state index in [1.807, 2.05) is 0 Å². The summed E-state index contributed by atoms with van der Waals surface area (Å²) in [4.78, 5) is 11.1. The van der Waals surface area contributed by atoms with E-state index in [1.54, 1.807) is 0 Å². The Hall–Kier alpha value is -1.31. The Morgan fingerprint density at radius 1 is 1.25 bits per heavy atom. The molecule has 2 aliphatic carbocycles. The summed E-state index contributed by atoms with van der Waals surface area (Å²) in [6.45, 7) is 2.35. The van der Waals surface area contributed by atoms with Gasteiger partial charge in [0.15, 0.2) is 0 Å². The molecule has 0 radical (unpaired) electrons. The normalized spacial score (nSPS) is 28.1. The van der Waals surface area contributed by atoms with E-state index in [1.165, 1.54) is 36.8 Å². The van der Waals surface area contributed by atoms with Crippen LogP contribution in [0.5, 0.6) is 0 Å². The Morgan fingerprint density at radius 3 is 2.55 bits per heavy atom. The van der Waals surface area contributed by atoms with Crippen LogP contribution in [0, 0.1) is 5.92 Å². The van der Waals surface area contributed by atoms with Gasteiger partial charge in [-0.3, -0.25) is 4.79 Å². The van der Waals surface area contributed by atoms with E-state index >= 15 is 0 Å². The molecule has 0 aliphatic heterocycles. The first-order chi connectivity index (χ1) is 9.59. The maximum atomic E-state index is 11.1. The van der Waals surface area contributed by atoms with Gasteiger partial charge in [0, 0.05) is 5.41 Å². The summed E-state index contributed by atoms with van der Waals surface area (Å²) in [6, 6.07) is 8.80. The van der Waals surface area contributed by atoms with Gasteiger partial charge >= 0.3 is 5.97 Å². The fourth-order valence-electron chi connectivity index (χ4n) is 3.72. The van der Waals surface area contributed by atoms with Crippen molar-refractivity contribution in [3.05, 3.63) is 35.4 Å². The topological polar surface area (TPSA) is 37.3 Å². The monoisotopic (exact) mass is 272 g/mol. The van der Waals surface area contributed by atoms with Gasteiger partial charge in [-0.2, -0.15) is 0 Å². The van der Waals surface area contributed by atoms with Gasteiger partial charge in [-0.25, -0.2) is 0 Å². The highest BCUT2D eigenvalue weighted by molar-refractivity contribution is 5.70. The van der Waals surface area contributed by atoms with Crippen molar-refractivity contribution < 1.29 is 9.90 Å². The van der Waals surface area contributed by atoms with Gasteiger partial charge in [0.05, 0.1) is 6.42 Å². The summed E-state index contributed by atoms with van der Waals surface area (Å²) < 4.78 is 0. The van der Waals surface area contributed by atoms with E-state index in [2.05, 4.69) is 31.2 Å². The third-order valence-electron chi connectivity index (χ3n) is 5.33. The Balaban J connectivity index is 1.78. The Bertz CT molecular complexity index is 494. The molecule has 2 saturated carbocycles. The van der Waals surface area contributed by atoms with Crippen LogP contribution >= 0.6 is 0 Å². The van der Waals surface area contributed by atoms with E-state index < -0.39 is 5.97 Å². The largest absolute Gasteiger partial charge is 0.481 e. The molecule has 0 spiro atoms. The van der Waals surface area contributed by atoms with Crippen LogP contribution < -0.4 is 0 Å². The first-order valence-corrected chi connectivity index (χ1v) is 7.91. The first-order valence-electron chi connectivity index (χ1n) is 7.91. The van der Waals surface area contributed by atoms with Crippen molar-refractivity contribution in [3.8, 4) is 0 Å². The summed E-state index contributed by atoms with van der Waals surface area (Å²) in [7, 11) is 0. The molecule has 0 unspecified atom stereocenters. The number of carbonyl (C=O) groups is 1. The molecular formula is C18H24O2. The molecule has 20 heavy (non-hydrogen) atoms. The molecule has 0 bridgehead atoms. The van der Waals surface area contributed by atoms with Crippen molar-refractivity contribution >= 4 is 5.97 Å². The lowest BCUT2D eigenvalue weighted by Crippen LogP contribution is -2.15. The average Bonchev–Trinajstić information content (AvgIpc) is 3.20. The quantitative estimate of drug-likeness (QED) is 0.877. The van der Waals surface area contributed by atoms with Crippen LogP contribution in [-0.4, -0.2) is 11.1 Å². The molecule has 3 rings (SSSR count). The van der Waals surface area contributed by atoms with Gasteiger partial charge in [0.1, 0.15) is 0 Å². The van der Waals surface area contributed by atoms with Crippen LogP contribution in [0.2, 0.25) is 0 Å². The minimum Gasteiger partial charge on any atom is -0.481 e. The minimum atomic E-state index is -0.667. The van der Waals surface area contributed by atoms with E-state index in [0.717, 1.165) is 18.8 Å². The summed E-state index contributed by atoms with van der Waals surface area (Å²) in [5.41, 5.74) is 2.64. The highest BCUT2D eigenvalue weighted by Crippen LogP contribution is 2.51. The lowest BCUT2D eigenvalue weighted by atomic mass is 9.78. The van der Waals surface area contributed by atoms with E-state index in [-0.39, 0.29) is 11.8 Å². The Morgan fingerprint density at radius 2 is 1.95 bits per heavy atom. The van der Waals surface area contributed by atoms with Crippen molar-refractivity contribution in [1.29, 1.82) is 0 Å². The van der Waals surface area contributed by atoms with E-state index in [0.29, 0.717) is 5.92 Å². The highest BCUT2D eigenvalue weighted by atomic mass is 16.4. The van der Waals surface area contributed by atoms with E-state index in [4.69, 9.17) is 5.11 Å². The van der Waals surface area contributed by atoms with Crippen LogP contribution in [0.4, 0.5) is 0 Å². The van der Waals surface area contributed by atoms with Crippen molar-refractivity contribution in [2.75, 3.05) is 0 Å². The second-order valence-electron chi connectivity index (χ2n) is 6.93. The van der Waals surface area contributed by atoms with Crippen molar-refractivity contribution in [3.63, 3.8) is 0 Å². The average molecular weight is 272 g/mol. The summed E-state index contributed by atoms with van der Waals surface area (Å²) in [6.07, 6.45) is 7.59. The van der Waals surface area contributed by atoms with Crippen molar-refractivity contribution in [2.24, 2.45) is 5.92 Å². The third-order valence-corrected chi connectivity index (χ3v) is 5.33. The molecule has 2 nitrogen and oxygen atoms in total. The number of carboxylic acids is 1. The number of aliphatic carboxylic acids is 1. The fourth-order valence-corrected chi connectivity index (χ4v) is 3.72. The van der Waals surface area contributed by atoms with Crippen LogP contribution in [0.25, 0.3) is 0 Å². The maximum Gasteiger partial charge on any atom is 0.304 e. The number of carboxylic acid groups (broad SMARTS) is 1. The van der Waals surface area contributed by atoms with Gasteiger partial charge < -0.3 is 5.11 Å². The van der Waals surface area contributed by atoms with Crippen LogP contribution in [0.1, 0.15) is 68.9 Å². The molecule has 2 fully saturated rings. The predicted molar refractivity (Wildman–Crippen MR) is 80.0 cm³/mol. The molecular weight excluding hydrogens is 248 g/mol. The first kappa shape index (κ1) is 13.7. The third kappa shape index (κ3) is 2.74. The number of benzene rings is 1. The molecule has 0 aromatic heterocycles. The molecule has 0 heterocycles. The van der Waals surface area contributed by atoms with Crippen molar-refractivity contribution in [1.82, 2.24) is 0 Å². The Labute approximate surface area is 121 Å². The van der Waals surface area contributed by atoms with Gasteiger partial charge in [-0.05, 0) is 48.6 Å². The Kier molecular flexibility index (Phi) is 3.57. The van der Waals surface area contributed by atoms with Gasteiger partial charge in [-0.15, -0.1) is 0 Å². The zero-order valence-electron chi connectivity index (χ0n) is 12.3. The number of hydrogen-bond donors (Lipinski definition) is 1. The SMILES string of the molecule is CC1CCC(c2cccc(C3(CC(=O)O)CC3)c2)CC1. The van der Waals surface area contributed by atoms with Crippen LogP contribution in [-0.2, 0) is 10.2 Å². The molecule has 1 N–H and O–H groups in total. The van der Waals surface area contributed by atoms with Crippen LogP contribution in [0.15, 0.2) is 24.3 Å². The highest BCUT2D eigenvalue weighted by Gasteiger charge is 2.46. The number of hydrogen-bond acceptors (Lipinski definition) is 1. The second-order valence-corrected chi connectivity index (χ2v) is 6.93. The summed E-state index contributed by atoms with van der Waals surface area (Å²) >= 11 is 0. The smallest absolute Gasteiger partial charge is 0.304 e. The maximum absolute atomic E-state index is 11.1. The molecule has 1 aromatic rings. The van der Waals surface area contributed by atoms with Gasteiger partial charge in [-0.1, -0.05) is 44.0 Å². The summed E-state index contributed by atoms with van der Waals surface area (Å²) in [5.74, 6) is 0.891. The number of rotatable bonds is 4. The van der Waals surface area contributed by atoms with Gasteiger partial charge in [0.2, 0.25) is 0 Å². The predicted octanol–water partition coefficient (Wildman–Crippen LogP) is 4.49. The minimum absolute atomic E-state index is 0.0518. The van der Waals surface area contributed by atoms with Crippen LogP contribution in [0.3, 0.4) is 0 Å². The molecule has 0 atom stereocenters. The second kappa shape index (κ2) is 5.23. The summed E-state index contributed by atoms with van der Waals surface area (Å²) in [5, 5.41) is 9.10. The molecule has 0 amide bonds. The lowest BCUT2D eigenvalue weighted by molar-refractivity contribution is -0.137. The zero-order chi connectivity index (χ0) is 14.2. The molecule has 108 valence electrons. The standard InChI is InChI=1S/C18H24O2/c1-13-5-7-14(8-6-13)15-3-2-4-16(11-15)18(9-10-18)12-17(19)20/h2-4,11,13-14H,5-10,12H2,1H3,(H,19,20). The zero-order valence-corrected chi connectivity index (χ0v) is 12.3. The molecule has 2 aliphatic rings. The van der Waals surface area contributed by atoms with Crippen molar-refractivity contribution in [2.45, 2.75) is 63.2 Å². The molecule has 1 aromatic carbocycles. The van der Waals surface area contributed by atoms with Gasteiger partial charge in [0.25, 0.3) is 0 Å². The van der Waals surface area contributed by atoms with E-state index in [9.17, 15) is 4.79 Å². The molecule has 2 heteroatoms. The lowest BCUT2D eigenvalue weighted by Gasteiger charge is -2.27. The molecule has 0 saturated heterocycles. The fraction of sp³-hybridized carbons (Fsp3) is 0.611.